The summed E-state index contributed by atoms with van der Waals surface area (Å²) in [6.45, 7) is 2.15. The van der Waals surface area contributed by atoms with Gasteiger partial charge in [0.05, 0.1) is 12.7 Å². The molecule has 1 aliphatic rings. The van der Waals surface area contributed by atoms with Crippen molar-refractivity contribution in [2.24, 2.45) is 0 Å². The zero-order valence-electron chi connectivity index (χ0n) is 11.5. The highest BCUT2D eigenvalue weighted by atomic mass is 19.1. The van der Waals surface area contributed by atoms with E-state index in [1.54, 1.807) is 0 Å². The van der Waals surface area contributed by atoms with Crippen LogP contribution in [0.15, 0.2) is 18.2 Å². The third-order valence-corrected chi connectivity index (χ3v) is 3.28. The van der Waals surface area contributed by atoms with Crippen molar-refractivity contribution in [1.29, 1.82) is 0 Å². The fourth-order valence-electron chi connectivity index (χ4n) is 2.38. The van der Waals surface area contributed by atoms with Crippen LogP contribution in [0.5, 0.6) is 5.75 Å². The lowest BCUT2D eigenvalue weighted by Gasteiger charge is -2.11. The van der Waals surface area contributed by atoms with Crippen molar-refractivity contribution in [2.75, 3.05) is 20.3 Å². The Morgan fingerprint density at radius 3 is 3.05 bits per heavy atom. The molecule has 0 aromatic heterocycles. The van der Waals surface area contributed by atoms with Gasteiger partial charge in [0.25, 0.3) is 0 Å². The highest BCUT2D eigenvalue weighted by Gasteiger charge is 2.14. The monoisotopic (exact) mass is 267 g/mol. The van der Waals surface area contributed by atoms with E-state index in [0.717, 1.165) is 31.4 Å². The zero-order valence-corrected chi connectivity index (χ0v) is 11.5. The van der Waals surface area contributed by atoms with Crippen molar-refractivity contribution in [1.82, 2.24) is 5.32 Å². The molecule has 1 fully saturated rings. The number of benzene rings is 1. The van der Waals surface area contributed by atoms with E-state index in [0.29, 0.717) is 25.0 Å². The fourth-order valence-corrected chi connectivity index (χ4v) is 2.38. The Morgan fingerprint density at radius 2 is 2.32 bits per heavy atom. The van der Waals surface area contributed by atoms with E-state index >= 15 is 0 Å². The topological polar surface area (TPSA) is 30.5 Å². The highest BCUT2D eigenvalue weighted by molar-refractivity contribution is 5.29. The van der Waals surface area contributed by atoms with Crippen LogP contribution in [-0.4, -0.2) is 26.4 Å². The maximum atomic E-state index is 13.4. The molecule has 1 aliphatic heterocycles. The summed E-state index contributed by atoms with van der Waals surface area (Å²) >= 11 is 0. The van der Waals surface area contributed by atoms with Gasteiger partial charge in [-0.15, -0.1) is 0 Å². The molecule has 1 N–H and O–H groups in total. The van der Waals surface area contributed by atoms with Crippen LogP contribution in [0.2, 0.25) is 0 Å². The maximum absolute atomic E-state index is 13.4. The molecule has 1 atom stereocenters. The van der Waals surface area contributed by atoms with Crippen LogP contribution in [0.3, 0.4) is 0 Å². The predicted octanol–water partition coefficient (Wildman–Crippen LogP) is 2.88. The molecule has 1 unspecified atom stereocenters. The lowest BCUT2D eigenvalue weighted by molar-refractivity contribution is 0.0981. The van der Waals surface area contributed by atoms with E-state index < -0.39 is 0 Å². The normalized spacial score (nSPS) is 18.7. The minimum atomic E-state index is -0.248. The first-order chi connectivity index (χ1) is 9.28. The molecule has 19 heavy (non-hydrogen) atoms. The summed E-state index contributed by atoms with van der Waals surface area (Å²) in [6, 6.07) is 4.84. The molecule has 0 saturated carbocycles. The van der Waals surface area contributed by atoms with Gasteiger partial charge in [-0.3, -0.25) is 0 Å². The lowest BCUT2D eigenvalue weighted by Crippen LogP contribution is -2.08. The third-order valence-electron chi connectivity index (χ3n) is 3.28. The molecule has 1 aromatic rings. The van der Waals surface area contributed by atoms with E-state index in [1.165, 1.54) is 18.6 Å². The quantitative estimate of drug-likeness (QED) is 0.771. The van der Waals surface area contributed by atoms with E-state index in [9.17, 15) is 4.39 Å². The van der Waals surface area contributed by atoms with Crippen LogP contribution in [0.4, 0.5) is 4.39 Å². The second kappa shape index (κ2) is 7.46. The van der Waals surface area contributed by atoms with Gasteiger partial charge in [-0.2, -0.15) is 0 Å². The molecule has 3 nitrogen and oxygen atoms in total. The summed E-state index contributed by atoms with van der Waals surface area (Å²) in [5.41, 5.74) is 0.900. The largest absolute Gasteiger partial charge is 0.493 e. The summed E-state index contributed by atoms with van der Waals surface area (Å²) < 4.78 is 24.5. The Hall–Kier alpha value is -1.13. The lowest BCUT2D eigenvalue weighted by atomic mass is 10.1. The molecular weight excluding hydrogens is 245 g/mol. The number of rotatable bonds is 7. The summed E-state index contributed by atoms with van der Waals surface area (Å²) in [6.07, 6.45) is 4.70. The van der Waals surface area contributed by atoms with E-state index in [1.807, 2.05) is 13.1 Å². The number of hydrogen-bond acceptors (Lipinski definition) is 3. The van der Waals surface area contributed by atoms with Gasteiger partial charge in [0.15, 0.2) is 0 Å². The molecule has 2 rings (SSSR count). The summed E-state index contributed by atoms with van der Waals surface area (Å²) in [4.78, 5) is 0. The van der Waals surface area contributed by atoms with Gasteiger partial charge in [-0.1, -0.05) is 0 Å². The minimum Gasteiger partial charge on any atom is -0.493 e. The summed E-state index contributed by atoms with van der Waals surface area (Å²) in [5, 5.41) is 3.00. The van der Waals surface area contributed by atoms with Gasteiger partial charge >= 0.3 is 0 Å². The molecule has 4 heteroatoms. The van der Waals surface area contributed by atoms with E-state index in [4.69, 9.17) is 9.47 Å². The smallest absolute Gasteiger partial charge is 0.127 e. The van der Waals surface area contributed by atoms with Crippen molar-refractivity contribution >= 4 is 0 Å². The van der Waals surface area contributed by atoms with Crippen LogP contribution in [0.1, 0.15) is 31.2 Å². The van der Waals surface area contributed by atoms with E-state index in [-0.39, 0.29) is 5.82 Å². The molecule has 1 heterocycles. The first-order valence-electron chi connectivity index (χ1n) is 6.96. The minimum absolute atomic E-state index is 0.248. The molecule has 1 saturated heterocycles. The van der Waals surface area contributed by atoms with Crippen LogP contribution in [-0.2, 0) is 11.3 Å². The van der Waals surface area contributed by atoms with Crippen molar-refractivity contribution < 1.29 is 13.9 Å². The number of hydrogen-bond donors (Lipinski definition) is 1. The van der Waals surface area contributed by atoms with Gasteiger partial charge in [0.2, 0.25) is 0 Å². The molecule has 106 valence electrons. The van der Waals surface area contributed by atoms with Crippen molar-refractivity contribution in [2.45, 2.75) is 38.3 Å². The van der Waals surface area contributed by atoms with Crippen LogP contribution in [0, 0.1) is 5.82 Å². The fraction of sp³-hybridized carbons (Fsp3) is 0.600. The standard InChI is InChI=1S/C15H22FNO2/c1-17-11-12-8-13(16)10-15(9-12)19-7-3-5-14-4-2-6-18-14/h8-10,14,17H,2-7,11H2,1H3. The van der Waals surface area contributed by atoms with Crippen LogP contribution in [0.25, 0.3) is 0 Å². The molecule has 0 radical (unpaired) electrons. The second-order valence-corrected chi connectivity index (χ2v) is 4.95. The highest BCUT2D eigenvalue weighted by Crippen LogP contribution is 2.19. The van der Waals surface area contributed by atoms with Crippen molar-refractivity contribution in [3.05, 3.63) is 29.6 Å². The Balaban J connectivity index is 1.75. The van der Waals surface area contributed by atoms with Gasteiger partial charge in [0.1, 0.15) is 11.6 Å². The Labute approximate surface area is 114 Å². The molecule has 0 bridgehead atoms. The average Bonchev–Trinajstić information content (AvgIpc) is 2.87. The Kier molecular flexibility index (Phi) is 5.61. The maximum Gasteiger partial charge on any atom is 0.127 e. The summed E-state index contributed by atoms with van der Waals surface area (Å²) in [5.74, 6) is 0.361. The third kappa shape index (κ3) is 4.80. The Morgan fingerprint density at radius 1 is 1.42 bits per heavy atom. The summed E-state index contributed by atoms with van der Waals surface area (Å²) in [7, 11) is 1.84. The van der Waals surface area contributed by atoms with Gasteiger partial charge in [-0.25, -0.2) is 4.39 Å². The van der Waals surface area contributed by atoms with Crippen molar-refractivity contribution in [3.8, 4) is 5.75 Å². The molecule has 0 aliphatic carbocycles. The van der Waals surface area contributed by atoms with Gasteiger partial charge in [-0.05, 0) is 50.4 Å². The number of halogens is 1. The molecular formula is C15H22FNO2. The van der Waals surface area contributed by atoms with Crippen LogP contribution < -0.4 is 10.1 Å². The molecule has 0 spiro atoms. The zero-order chi connectivity index (χ0) is 13.5. The van der Waals surface area contributed by atoms with Gasteiger partial charge < -0.3 is 14.8 Å². The first kappa shape index (κ1) is 14.3. The van der Waals surface area contributed by atoms with Gasteiger partial charge in [0, 0.05) is 19.2 Å². The van der Waals surface area contributed by atoms with Crippen molar-refractivity contribution in [3.63, 3.8) is 0 Å². The predicted molar refractivity (Wildman–Crippen MR) is 72.9 cm³/mol. The molecule has 0 amide bonds. The average molecular weight is 267 g/mol. The second-order valence-electron chi connectivity index (χ2n) is 4.95. The number of ether oxygens (including phenoxy) is 2. The van der Waals surface area contributed by atoms with Crippen LogP contribution >= 0.6 is 0 Å². The molecule has 1 aromatic carbocycles. The number of nitrogens with one attached hydrogen (secondary N) is 1. The Bertz CT molecular complexity index is 392. The first-order valence-corrected chi connectivity index (χ1v) is 6.96. The SMILES string of the molecule is CNCc1cc(F)cc(OCCCC2CCCO2)c1. The van der Waals surface area contributed by atoms with E-state index in [2.05, 4.69) is 5.32 Å².